The number of hydrogen-bond acceptors (Lipinski definition) is 10. The number of carbonyl (C=O) groups excluding carboxylic acids is 3. The fourth-order valence-electron chi connectivity index (χ4n) is 3.33. The molecular weight excluding hydrogens is 472 g/mol. The number of esters is 3. The summed E-state index contributed by atoms with van der Waals surface area (Å²) in [6.45, 7) is -0.443. The monoisotopic (exact) mass is 492 g/mol. The van der Waals surface area contributed by atoms with Gasteiger partial charge >= 0.3 is 17.9 Å². The van der Waals surface area contributed by atoms with Crippen LogP contribution < -0.4 is 5.73 Å². The van der Waals surface area contributed by atoms with Crippen LogP contribution in [0, 0.1) is 0 Å². The number of anilines is 1. The Balaban J connectivity index is 1.68. The van der Waals surface area contributed by atoms with Gasteiger partial charge in [-0.2, -0.15) is 0 Å². The number of para-hydroxylation sites is 1. The van der Waals surface area contributed by atoms with Gasteiger partial charge in [0.25, 0.3) is 5.82 Å². The van der Waals surface area contributed by atoms with E-state index in [2.05, 4.69) is 10.1 Å². The number of carbonyl (C=O) groups is 3. The van der Waals surface area contributed by atoms with E-state index in [0.29, 0.717) is 11.5 Å². The van der Waals surface area contributed by atoms with Gasteiger partial charge in [0.2, 0.25) is 0 Å². The molecule has 2 heterocycles. The van der Waals surface area contributed by atoms with Crippen LogP contribution in [0.2, 0.25) is 0 Å². The average molecular weight is 493 g/mol. The first-order valence-corrected chi connectivity index (χ1v) is 11.1. The number of nitrogens with zero attached hydrogens (tertiary/aromatic N) is 3. The van der Waals surface area contributed by atoms with Crippen molar-refractivity contribution in [1.82, 2.24) is 14.8 Å². The molecule has 0 atom stereocenters. The molecule has 0 bridgehead atoms. The van der Waals surface area contributed by atoms with E-state index in [1.165, 1.54) is 18.9 Å². The van der Waals surface area contributed by atoms with E-state index in [4.69, 9.17) is 19.9 Å². The minimum atomic E-state index is -0.853. The smallest absolute Gasteiger partial charge is 0.378 e. The average Bonchev–Trinajstić information content (AvgIpc) is 3.49. The molecule has 4 rings (SSSR count). The Labute approximate surface area is 203 Å². The molecule has 11 heteroatoms. The first kappa shape index (κ1) is 23.6. The van der Waals surface area contributed by atoms with Gasteiger partial charge in [-0.05, 0) is 12.1 Å². The Morgan fingerprint density at radius 1 is 0.914 bits per heavy atom. The fraction of sp³-hybridized carbons (Fsp3) is 0.125. The van der Waals surface area contributed by atoms with E-state index in [9.17, 15) is 14.4 Å². The molecule has 0 unspecified atom stereocenters. The first-order valence-electron chi connectivity index (χ1n) is 10.3. The van der Waals surface area contributed by atoms with Crippen molar-refractivity contribution >= 4 is 34.2 Å². The third-order valence-corrected chi connectivity index (χ3v) is 6.01. The summed E-state index contributed by atoms with van der Waals surface area (Å²) in [5, 5.41) is 4.39. The van der Waals surface area contributed by atoms with E-state index in [1.54, 1.807) is 0 Å². The van der Waals surface area contributed by atoms with Gasteiger partial charge in [0.15, 0.2) is 5.82 Å². The minimum absolute atomic E-state index is 0.0333. The summed E-state index contributed by atoms with van der Waals surface area (Å²) in [6, 6.07) is 18.5. The topological polar surface area (TPSA) is 136 Å². The van der Waals surface area contributed by atoms with Gasteiger partial charge < -0.3 is 19.9 Å². The van der Waals surface area contributed by atoms with Crippen LogP contribution in [0.5, 0.6) is 0 Å². The SMILES string of the molecule is COC(=O)c1sc(N)c(C(=O)OC)c1COC(=O)c1nc(-c2ccccc2)n(-c2ccccc2)n1. The molecule has 4 aromatic rings. The van der Waals surface area contributed by atoms with Crippen molar-refractivity contribution in [2.24, 2.45) is 0 Å². The molecule has 0 amide bonds. The van der Waals surface area contributed by atoms with Gasteiger partial charge in [0, 0.05) is 11.1 Å². The fourth-order valence-corrected chi connectivity index (χ4v) is 4.31. The summed E-state index contributed by atoms with van der Waals surface area (Å²) in [5.41, 5.74) is 7.40. The Bertz CT molecular complexity index is 1330. The zero-order chi connectivity index (χ0) is 24.9. The lowest BCUT2D eigenvalue weighted by Gasteiger charge is -2.06. The van der Waals surface area contributed by atoms with E-state index in [-0.39, 0.29) is 26.8 Å². The molecule has 0 aliphatic rings. The van der Waals surface area contributed by atoms with Crippen molar-refractivity contribution in [3.05, 3.63) is 82.5 Å². The minimum Gasteiger partial charge on any atom is -0.465 e. The second-order valence-corrected chi connectivity index (χ2v) is 8.13. The Kier molecular flexibility index (Phi) is 6.88. The predicted octanol–water partition coefficient (Wildman–Crippen LogP) is 3.51. The largest absolute Gasteiger partial charge is 0.465 e. The zero-order valence-electron chi connectivity index (χ0n) is 18.8. The molecule has 2 aromatic heterocycles. The Morgan fingerprint density at radius 3 is 2.17 bits per heavy atom. The molecule has 0 saturated carbocycles. The molecule has 0 fully saturated rings. The summed E-state index contributed by atoms with van der Waals surface area (Å²) >= 11 is 0.842. The zero-order valence-corrected chi connectivity index (χ0v) is 19.6. The molecule has 2 N–H and O–H groups in total. The lowest BCUT2D eigenvalue weighted by atomic mass is 10.1. The molecule has 0 spiro atoms. The molecule has 35 heavy (non-hydrogen) atoms. The lowest BCUT2D eigenvalue weighted by Crippen LogP contribution is -2.13. The highest BCUT2D eigenvalue weighted by Crippen LogP contribution is 2.33. The molecule has 10 nitrogen and oxygen atoms in total. The molecule has 0 radical (unpaired) electrons. The molecular formula is C24H20N4O6S. The van der Waals surface area contributed by atoms with Gasteiger partial charge in [0.1, 0.15) is 22.0 Å². The second kappa shape index (κ2) is 10.2. The van der Waals surface area contributed by atoms with Gasteiger partial charge in [-0.1, -0.05) is 48.5 Å². The third kappa shape index (κ3) is 4.75. The summed E-state index contributed by atoms with van der Waals surface area (Å²) in [4.78, 5) is 41.8. The van der Waals surface area contributed by atoms with E-state index >= 15 is 0 Å². The molecule has 178 valence electrons. The number of nitrogen functional groups attached to an aromatic ring is 1. The van der Waals surface area contributed by atoms with E-state index < -0.39 is 24.5 Å². The van der Waals surface area contributed by atoms with E-state index in [0.717, 1.165) is 16.9 Å². The van der Waals surface area contributed by atoms with Crippen LogP contribution in [0.15, 0.2) is 60.7 Å². The second-order valence-electron chi connectivity index (χ2n) is 7.08. The van der Waals surface area contributed by atoms with Crippen molar-refractivity contribution in [1.29, 1.82) is 0 Å². The number of thiophene rings is 1. The van der Waals surface area contributed by atoms with Crippen LogP contribution in [0.1, 0.15) is 36.2 Å². The van der Waals surface area contributed by atoms with E-state index in [1.807, 2.05) is 60.7 Å². The number of nitrogens with two attached hydrogens (primary N) is 1. The summed E-state index contributed by atoms with van der Waals surface area (Å²) < 4.78 is 16.5. The van der Waals surface area contributed by atoms with Gasteiger partial charge in [-0.15, -0.1) is 16.4 Å². The van der Waals surface area contributed by atoms with Crippen molar-refractivity contribution in [3.63, 3.8) is 0 Å². The quantitative estimate of drug-likeness (QED) is 0.304. The molecule has 0 aliphatic carbocycles. The predicted molar refractivity (Wildman–Crippen MR) is 127 cm³/mol. The highest BCUT2D eigenvalue weighted by atomic mass is 32.1. The molecule has 2 aromatic carbocycles. The third-order valence-electron chi connectivity index (χ3n) is 4.96. The number of hydrogen-bond donors (Lipinski definition) is 1. The van der Waals surface area contributed by atoms with Crippen LogP contribution in [-0.2, 0) is 20.8 Å². The summed E-state index contributed by atoms with van der Waals surface area (Å²) in [7, 11) is 2.37. The van der Waals surface area contributed by atoms with Crippen LogP contribution in [0.25, 0.3) is 17.1 Å². The first-order chi connectivity index (χ1) is 16.9. The normalized spacial score (nSPS) is 10.6. The number of methoxy groups -OCH3 is 2. The van der Waals surface area contributed by atoms with Crippen LogP contribution in [0.3, 0.4) is 0 Å². The Hall–Kier alpha value is -4.51. The maximum atomic E-state index is 12.9. The summed E-state index contributed by atoms with van der Waals surface area (Å²) in [6.07, 6.45) is 0. The van der Waals surface area contributed by atoms with Gasteiger partial charge in [-0.25, -0.2) is 24.0 Å². The molecule has 0 aliphatic heterocycles. The molecule has 0 saturated heterocycles. The Morgan fingerprint density at radius 2 is 1.54 bits per heavy atom. The lowest BCUT2D eigenvalue weighted by molar-refractivity contribution is 0.0440. The van der Waals surface area contributed by atoms with Gasteiger partial charge in [0.05, 0.1) is 19.9 Å². The summed E-state index contributed by atoms with van der Waals surface area (Å²) in [5.74, 6) is -2.10. The number of aromatic nitrogens is 3. The van der Waals surface area contributed by atoms with Gasteiger partial charge in [-0.3, -0.25) is 0 Å². The van der Waals surface area contributed by atoms with Crippen molar-refractivity contribution in [2.45, 2.75) is 6.61 Å². The number of rotatable bonds is 7. The number of ether oxygens (including phenoxy) is 3. The van der Waals surface area contributed by atoms with Crippen LogP contribution in [0.4, 0.5) is 5.00 Å². The number of benzene rings is 2. The highest BCUT2D eigenvalue weighted by molar-refractivity contribution is 7.18. The van der Waals surface area contributed by atoms with Crippen molar-refractivity contribution in [2.75, 3.05) is 20.0 Å². The maximum Gasteiger partial charge on any atom is 0.378 e. The maximum absolute atomic E-state index is 12.9. The standard InChI is InChI=1S/C24H20N4O6S/c1-32-22(29)17-16(18(23(30)33-2)35-19(17)25)13-34-24(31)20-26-21(14-9-5-3-6-10-14)28(27-20)15-11-7-4-8-12-15/h3-12H,13,25H2,1-2H3. The van der Waals surface area contributed by atoms with Crippen LogP contribution >= 0.6 is 11.3 Å². The van der Waals surface area contributed by atoms with Crippen LogP contribution in [-0.4, -0.2) is 46.9 Å². The highest BCUT2D eigenvalue weighted by Gasteiger charge is 2.29. The van der Waals surface area contributed by atoms with Crippen molar-refractivity contribution < 1.29 is 28.6 Å². The van der Waals surface area contributed by atoms with Crippen molar-refractivity contribution in [3.8, 4) is 17.1 Å².